The topological polar surface area (TPSA) is 55.2 Å². The lowest BCUT2D eigenvalue weighted by Crippen LogP contribution is -2.24. The number of nitro benzene ring substituents is 1. The first kappa shape index (κ1) is 14.4. The van der Waals surface area contributed by atoms with Gasteiger partial charge < -0.3 is 5.32 Å². The molecule has 1 aromatic carbocycles. The van der Waals surface area contributed by atoms with Crippen molar-refractivity contribution in [1.29, 1.82) is 0 Å². The summed E-state index contributed by atoms with van der Waals surface area (Å²) in [6, 6.07) is 3.53. The van der Waals surface area contributed by atoms with Crippen LogP contribution in [0.5, 0.6) is 0 Å². The van der Waals surface area contributed by atoms with Crippen LogP contribution < -0.4 is 5.32 Å². The standard InChI is InChI=1S/C13H19FN2O2/c1-9(13(2,3)4)8-15-11-5-10(14)6-12(7-11)16(17)18/h5-7,9,15H,8H2,1-4H3. The summed E-state index contributed by atoms with van der Waals surface area (Å²) in [5.74, 6) is -0.241. The number of anilines is 1. The number of hydrogen-bond donors (Lipinski definition) is 1. The molecule has 0 radical (unpaired) electrons. The van der Waals surface area contributed by atoms with Gasteiger partial charge in [0.2, 0.25) is 0 Å². The van der Waals surface area contributed by atoms with Crippen molar-refractivity contribution in [2.45, 2.75) is 27.7 Å². The van der Waals surface area contributed by atoms with E-state index in [1.54, 1.807) is 0 Å². The number of nitrogens with zero attached hydrogens (tertiary/aromatic N) is 1. The third-order valence-corrected chi connectivity index (χ3v) is 3.18. The number of halogens is 1. The fourth-order valence-corrected chi connectivity index (χ4v) is 1.36. The first-order chi connectivity index (χ1) is 8.20. The third kappa shape index (κ3) is 3.98. The maximum absolute atomic E-state index is 13.2. The molecule has 0 saturated heterocycles. The maximum atomic E-state index is 13.2. The minimum absolute atomic E-state index is 0.131. The summed E-state index contributed by atoms with van der Waals surface area (Å²) in [7, 11) is 0. The first-order valence-corrected chi connectivity index (χ1v) is 5.89. The van der Waals surface area contributed by atoms with E-state index >= 15 is 0 Å². The van der Waals surface area contributed by atoms with Crippen molar-refractivity contribution in [3.63, 3.8) is 0 Å². The smallest absolute Gasteiger partial charge is 0.274 e. The van der Waals surface area contributed by atoms with E-state index in [-0.39, 0.29) is 11.1 Å². The highest BCUT2D eigenvalue weighted by atomic mass is 19.1. The highest BCUT2D eigenvalue weighted by Crippen LogP contribution is 2.26. The molecule has 1 unspecified atom stereocenters. The van der Waals surface area contributed by atoms with Gasteiger partial charge in [-0.2, -0.15) is 0 Å². The second kappa shape index (κ2) is 5.33. The first-order valence-electron chi connectivity index (χ1n) is 5.89. The molecule has 0 amide bonds. The lowest BCUT2D eigenvalue weighted by Gasteiger charge is -2.27. The van der Waals surface area contributed by atoms with E-state index in [9.17, 15) is 14.5 Å². The number of rotatable bonds is 4. The number of hydrogen-bond acceptors (Lipinski definition) is 3. The number of non-ortho nitro benzene ring substituents is 1. The van der Waals surface area contributed by atoms with Crippen molar-refractivity contribution in [3.8, 4) is 0 Å². The molecule has 4 nitrogen and oxygen atoms in total. The summed E-state index contributed by atoms with van der Waals surface area (Å²) in [6.07, 6.45) is 0. The van der Waals surface area contributed by atoms with Crippen LogP contribution in [0.4, 0.5) is 15.8 Å². The van der Waals surface area contributed by atoms with Crippen LogP contribution in [0.1, 0.15) is 27.7 Å². The van der Waals surface area contributed by atoms with E-state index in [1.165, 1.54) is 12.1 Å². The number of nitro groups is 1. The van der Waals surface area contributed by atoms with Crippen LogP contribution in [-0.2, 0) is 0 Å². The van der Waals surface area contributed by atoms with Crippen molar-refractivity contribution in [1.82, 2.24) is 0 Å². The molecule has 0 aromatic heterocycles. The van der Waals surface area contributed by atoms with Gasteiger partial charge in [-0.1, -0.05) is 27.7 Å². The van der Waals surface area contributed by atoms with Crippen LogP contribution in [0.15, 0.2) is 18.2 Å². The summed E-state index contributed by atoms with van der Waals surface area (Å²) < 4.78 is 13.2. The Morgan fingerprint density at radius 1 is 1.39 bits per heavy atom. The van der Waals surface area contributed by atoms with Crippen molar-refractivity contribution in [3.05, 3.63) is 34.1 Å². The molecule has 0 bridgehead atoms. The van der Waals surface area contributed by atoms with Crippen molar-refractivity contribution in [2.24, 2.45) is 11.3 Å². The average Bonchev–Trinajstić information content (AvgIpc) is 2.23. The van der Waals surface area contributed by atoms with Crippen LogP contribution in [0.3, 0.4) is 0 Å². The van der Waals surface area contributed by atoms with Gasteiger partial charge in [-0.25, -0.2) is 4.39 Å². The Morgan fingerprint density at radius 2 is 2.00 bits per heavy atom. The molecule has 0 saturated carbocycles. The van der Waals surface area contributed by atoms with Gasteiger partial charge in [0, 0.05) is 18.3 Å². The van der Waals surface area contributed by atoms with Gasteiger partial charge in [-0.15, -0.1) is 0 Å². The Balaban J connectivity index is 2.77. The normalized spacial score (nSPS) is 13.2. The fourth-order valence-electron chi connectivity index (χ4n) is 1.36. The Bertz CT molecular complexity index is 441. The van der Waals surface area contributed by atoms with E-state index in [0.717, 1.165) is 6.07 Å². The minimum atomic E-state index is -0.602. The Kier molecular flexibility index (Phi) is 4.27. The summed E-state index contributed by atoms with van der Waals surface area (Å²) in [5.41, 5.74) is 0.338. The zero-order valence-electron chi connectivity index (χ0n) is 11.2. The van der Waals surface area contributed by atoms with Gasteiger partial charge >= 0.3 is 0 Å². The maximum Gasteiger partial charge on any atom is 0.274 e. The van der Waals surface area contributed by atoms with E-state index < -0.39 is 10.7 Å². The molecular formula is C13H19FN2O2. The van der Waals surface area contributed by atoms with Gasteiger partial charge in [0.15, 0.2) is 0 Å². The molecule has 5 heteroatoms. The summed E-state index contributed by atoms with van der Waals surface area (Å²) in [6.45, 7) is 9.08. The Labute approximate surface area is 106 Å². The molecule has 0 heterocycles. The molecular weight excluding hydrogens is 235 g/mol. The van der Waals surface area contributed by atoms with Crippen LogP contribution in [0, 0.1) is 27.3 Å². The minimum Gasteiger partial charge on any atom is -0.384 e. The van der Waals surface area contributed by atoms with Crippen LogP contribution in [0.25, 0.3) is 0 Å². The molecule has 0 spiro atoms. The quantitative estimate of drug-likeness (QED) is 0.656. The van der Waals surface area contributed by atoms with Gasteiger partial charge in [0.1, 0.15) is 5.82 Å². The zero-order chi connectivity index (χ0) is 13.9. The fraction of sp³-hybridized carbons (Fsp3) is 0.538. The van der Waals surface area contributed by atoms with Crippen LogP contribution >= 0.6 is 0 Å². The predicted octanol–water partition coefficient (Wildman–Crippen LogP) is 3.83. The zero-order valence-corrected chi connectivity index (χ0v) is 11.2. The lowest BCUT2D eigenvalue weighted by molar-refractivity contribution is -0.385. The Morgan fingerprint density at radius 3 is 2.50 bits per heavy atom. The molecule has 18 heavy (non-hydrogen) atoms. The summed E-state index contributed by atoms with van der Waals surface area (Å²) >= 11 is 0. The summed E-state index contributed by atoms with van der Waals surface area (Å²) in [4.78, 5) is 10.0. The second-order valence-electron chi connectivity index (χ2n) is 5.60. The monoisotopic (exact) mass is 254 g/mol. The molecule has 0 fully saturated rings. The van der Waals surface area contributed by atoms with E-state index in [4.69, 9.17) is 0 Å². The SMILES string of the molecule is CC(CNc1cc(F)cc([N+](=O)[O-])c1)C(C)(C)C. The largest absolute Gasteiger partial charge is 0.384 e. The number of nitrogens with one attached hydrogen (secondary N) is 1. The molecule has 0 aliphatic heterocycles. The second-order valence-corrected chi connectivity index (χ2v) is 5.60. The third-order valence-electron chi connectivity index (χ3n) is 3.18. The molecule has 1 aromatic rings. The van der Waals surface area contributed by atoms with Crippen molar-refractivity contribution >= 4 is 11.4 Å². The van der Waals surface area contributed by atoms with E-state index in [2.05, 4.69) is 33.0 Å². The lowest BCUT2D eigenvalue weighted by atomic mass is 9.82. The molecule has 100 valence electrons. The van der Waals surface area contributed by atoms with Gasteiger partial charge in [-0.05, 0) is 17.4 Å². The highest BCUT2D eigenvalue weighted by molar-refractivity contribution is 5.51. The molecule has 1 atom stereocenters. The molecule has 0 aliphatic rings. The van der Waals surface area contributed by atoms with E-state index in [1.807, 2.05) is 0 Å². The van der Waals surface area contributed by atoms with Crippen molar-refractivity contribution < 1.29 is 9.31 Å². The number of benzene rings is 1. The van der Waals surface area contributed by atoms with E-state index in [0.29, 0.717) is 18.2 Å². The molecule has 1 N–H and O–H groups in total. The van der Waals surface area contributed by atoms with Gasteiger partial charge in [0.05, 0.1) is 11.0 Å². The van der Waals surface area contributed by atoms with Gasteiger partial charge in [0.25, 0.3) is 5.69 Å². The van der Waals surface area contributed by atoms with Crippen LogP contribution in [0.2, 0.25) is 0 Å². The highest BCUT2D eigenvalue weighted by Gasteiger charge is 2.20. The van der Waals surface area contributed by atoms with Crippen LogP contribution in [-0.4, -0.2) is 11.5 Å². The van der Waals surface area contributed by atoms with Crippen molar-refractivity contribution in [2.75, 3.05) is 11.9 Å². The van der Waals surface area contributed by atoms with Gasteiger partial charge in [-0.3, -0.25) is 10.1 Å². The molecule has 1 rings (SSSR count). The molecule has 0 aliphatic carbocycles. The Hall–Kier alpha value is -1.65. The summed E-state index contributed by atoms with van der Waals surface area (Å²) in [5, 5.41) is 13.7. The average molecular weight is 254 g/mol. The predicted molar refractivity (Wildman–Crippen MR) is 70.2 cm³/mol.